The molecule has 0 spiro atoms. The molecule has 7 heteroatoms. The largest absolute Gasteiger partial charge is 0.367 e. The van der Waals surface area contributed by atoms with Crippen LogP contribution in [0.15, 0.2) is 29.8 Å². The zero-order valence-corrected chi connectivity index (χ0v) is 10.4. The van der Waals surface area contributed by atoms with Gasteiger partial charge in [0.05, 0.1) is 11.8 Å². The van der Waals surface area contributed by atoms with Gasteiger partial charge in [-0.05, 0) is 11.6 Å². The Morgan fingerprint density at radius 1 is 1.39 bits per heavy atom. The highest BCUT2D eigenvalue weighted by Crippen LogP contribution is 2.37. The van der Waals surface area contributed by atoms with Crippen LogP contribution in [-0.2, 0) is 20.5 Å². The highest BCUT2D eigenvalue weighted by atomic mass is 32.2. The first-order chi connectivity index (χ1) is 8.24. The fourth-order valence-electron chi connectivity index (χ4n) is 1.99. The first kappa shape index (κ1) is 12.7. The van der Waals surface area contributed by atoms with Crippen molar-refractivity contribution in [1.29, 1.82) is 0 Å². The molecule has 1 aliphatic rings. The van der Waals surface area contributed by atoms with Crippen molar-refractivity contribution in [2.45, 2.75) is 5.72 Å². The molecule has 0 bridgehead atoms. The molecule has 0 aliphatic heterocycles. The van der Waals surface area contributed by atoms with Gasteiger partial charge in [-0.1, -0.05) is 24.3 Å². The molecule has 1 atom stereocenters. The molecule has 1 aromatic carbocycles. The van der Waals surface area contributed by atoms with Crippen LogP contribution in [0.4, 0.5) is 0 Å². The molecule has 0 fully saturated rings. The molecule has 0 heterocycles. The summed E-state index contributed by atoms with van der Waals surface area (Å²) in [4.78, 5) is 11.3. The molecule has 96 valence electrons. The van der Waals surface area contributed by atoms with E-state index < -0.39 is 21.7 Å². The Hall–Kier alpha value is -1.70. The number of hydrogen-bond acceptors (Lipinski definition) is 4. The third kappa shape index (κ3) is 2.03. The average Bonchev–Trinajstić information content (AvgIpc) is 2.50. The SMILES string of the molecule is CS(=O)(=O)NC1(O)C(C(N)=O)=Cc2ccccc21. The van der Waals surface area contributed by atoms with Gasteiger partial charge in [0.1, 0.15) is 0 Å². The Morgan fingerprint density at radius 2 is 2.00 bits per heavy atom. The van der Waals surface area contributed by atoms with Gasteiger partial charge in [0.25, 0.3) is 0 Å². The molecule has 18 heavy (non-hydrogen) atoms. The van der Waals surface area contributed by atoms with Crippen molar-refractivity contribution >= 4 is 22.0 Å². The minimum Gasteiger partial charge on any atom is -0.367 e. The maximum absolute atomic E-state index is 11.3. The number of fused-ring (bicyclic) bond motifs is 1. The fraction of sp³-hybridized carbons (Fsp3) is 0.182. The van der Waals surface area contributed by atoms with E-state index in [-0.39, 0.29) is 11.1 Å². The summed E-state index contributed by atoms with van der Waals surface area (Å²) >= 11 is 0. The van der Waals surface area contributed by atoms with Gasteiger partial charge in [-0.3, -0.25) is 4.79 Å². The number of hydrogen-bond donors (Lipinski definition) is 3. The van der Waals surface area contributed by atoms with Gasteiger partial charge >= 0.3 is 0 Å². The molecule has 2 rings (SSSR count). The van der Waals surface area contributed by atoms with Crippen LogP contribution in [-0.4, -0.2) is 25.7 Å². The second-order valence-electron chi connectivity index (χ2n) is 4.09. The number of aliphatic hydroxyl groups is 1. The molecule has 1 aromatic rings. The Labute approximate surface area is 104 Å². The van der Waals surface area contributed by atoms with Gasteiger partial charge in [-0.15, -0.1) is 0 Å². The summed E-state index contributed by atoms with van der Waals surface area (Å²) in [7, 11) is -3.72. The Morgan fingerprint density at radius 3 is 2.56 bits per heavy atom. The summed E-state index contributed by atoms with van der Waals surface area (Å²) in [5, 5.41) is 10.4. The second kappa shape index (κ2) is 3.91. The summed E-state index contributed by atoms with van der Waals surface area (Å²) in [5.41, 5.74) is 3.70. The lowest BCUT2D eigenvalue weighted by atomic mass is 10.0. The summed E-state index contributed by atoms with van der Waals surface area (Å²) < 4.78 is 24.7. The van der Waals surface area contributed by atoms with Crippen molar-refractivity contribution in [3.8, 4) is 0 Å². The van der Waals surface area contributed by atoms with Crippen molar-refractivity contribution in [2.75, 3.05) is 6.26 Å². The standard InChI is InChI=1S/C11H12N2O4S/c1-18(16,17)13-11(15)8-5-3-2-4-7(8)6-9(11)10(12)14/h2-6,13,15H,1H3,(H2,12,14). The van der Waals surface area contributed by atoms with Crippen molar-refractivity contribution in [3.63, 3.8) is 0 Å². The van der Waals surface area contributed by atoms with Crippen molar-refractivity contribution < 1.29 is 18.3 Å². The van der Waals surface area contributed by atoms with E-state index in [1.807, 2.05) is 4.72 Å². The Balaban J connectivity index is 2.62. The topological polar surface area (TPSA) is 109 Å². The number of benzene rings is 1. The smallest absolute Gasteiger partial charge is 0.249 e. The van der Waals surface area contributed by atoms with Crippen LogP contribution >= 0.6 is 0 Å². The van der Waals surface area contributed by atoms with Gasteiger partial charge in [0, 0.05) is 5.56 Å². The lowest BCUT2D eigenvalue weighted by molar-refractivity contribution is -0.116. The van der Waals surface area contributed by atoms with E-state index in [1.54, 1.807) is 18.2 Å². The lowest BCUT2D eigenvalue weighted by Gasteiger charge is -2.26. The second-order valence-corrected chi connectivity index (χ2v) is 5.84. The van der Waals surface area contributed by atoms with Crippen LogP contribution in [0.2, 0.25) is 0 Å². The summed E-state index contributed by atoms with van der Waals surface area (Å²) in [6.07, 6.45) is 2.26. The van der Waals surface area contributed by atoms with Crippen LogP contribution in [0.25, 0.3) is 6.08 Å². The number of nitrogens with one attached hydrogen (secondary N) is 1. The quantitative estimate of drug-likeness (QED) is 0.627. The van der Waals surface area contributed by atoms with Crippen LogP contribution in [0.1, 0.15) is 11.1 Å². The maximum atomic E-state index is 11.3. The molecule has 0 radical (unpaired) electrons. The molecule has 4 N–H and O–H groups in total. The molecular weight excluding hydrogens is 256 g/mol. The first-order valence-electron chi connectivity index (χ1n) is 5.07. The highest BCUT2D eigenvalue weighted by molar-refractivity contribution is 7.88. The summed E-state index contributed by atoms with van der Waals surface area (Å²) in [6, 6.07) is 6.52. The first-order valence-corrected chi connectivity index (χ1v) is 6.96. The van der Waals surface area contributed by atoms with Crippen LogP contribution in [0.3, 0.4) is 0 Å². The normalized spacial score (nSPS) is 22.4. The van der Waals surface area contributed by atoms with Crippen LogP contribution in [0, 0.1) is 0 Å². The highest BCUT2D eigenvalue weighted by Gasteiger charge is 2.44. The molecule has 0 saturated carbocycles. The average molecular weight is 268 g/mol. The predicted molar refractivity (Wildman–Crippen MR) is 65.5 cm³/mol. The third-order valence-corrected chi connectivity index (χ3v) is 3.30. The van der Waals surface area contributed by atoms with E-state index in [4.69, 9.17) is 5.73 Å². The van der Waals surface area contributed by atoms with Gasteiger partial charge < -0.3 is 10.8 Å². The molecule has 1 aliphatic carbocycles. The number of carbonyl (C=O) groups is 1. The summed E-state index contributed by atoms with van der Waals surface area (Å²) in [5.74, 6) is -0.884. The number of primary amides is 1. The van der Waals surface area contributed by atoms with E-state index >= 15 is 0 Å². The van der Waals surface area contributed by atoms with Crippen LogP contribution in [0.5, 0.6) is 0 Å². The summed E-state index contributed by atoms with van der Waals surface area (Å²) in [6.45, 7) is 0. The molecule has 1 amide bonds. The number of sulfonamides is 1. The van der Waals surface area contributed by atoms with Gasteiger partial charge in [-0.25, -0.2) is 8.42 Å². The third-order valence-electron chi connectivity index (χ3n) is 2.64. The Kier molecular flexibility index (Phi) is 2.77. The maximum Gasteiger partial charge on any atom is 0.249 e. The van der Waals surface area contributed by atoms with Gasteiger partial charge in [0.15, 0.2) is 5.72 Å². The van der Waals surface area contributed by atoms with E-state index in [2.05, 4.69) is 0 Å². The van der Waals surface area contributed by atoms with E-state index in [0.717, 1.165) is 6.26 Å². The monoisotopic (exact) mass is 268 g/mol. The molecular formula is C11H12N2O4S. The van der Waals surface area contributed by atoms with E-state index in [0.29, 0.717) is 5.56 Å². The predicted octanol–water partition coefficient (Wildman–Crippen LogP) is -0.737. The molecule has 6 nitrogen and oxygen atoms in total. The zero-order chi connectivity index (χ0) is 13.6. The molecule has 0 aromatic heterocycles. The number of amides is 1. The van der Waals surface area contributed by atoms with Gasteiger partial charge in [-0.2, -0.15) is 4.72 Å². The number of nitrogens with two attached hydrogens (primary N) is 1. The number of rotatable bonds is 3. The zero-order valence-electron chi connectivity index (χ0n) is 9.54. The Bertz CT molecular complexity index is 651. The van der Waals surface area contributed by atoms with Crippen molar-refractivity contribution in [3.05, 3.63) is 41.0 Å². The fourth-order valence-corrected chi connectivity index (χ4v) is 2.74. The minimum atomic E-state index is -3.72. The van der Waals surface area contributed by atoms with Gasteiger partial charge in [0.2, 0.25) is 15.9 Å². The molecule has 1 unspecified atom stereocenters. The van der Waals surface area contributed by atoms with Crippen molar-refractivity contribution in [1.82, 2.24) is 4.72 Å². The van der Waals surface area contributed by atoms with E-state index in [9.17, 15) is 18.3 Å². The minimum absolute atomic E-state index is 0.200. The molecule has 0 saturated heterocycles. The number of carbonyl (C=O) groups excluding carboxylic acids is 1. The van der Waals surface area contributed by atoms with Crippen molar-refractivity contribution in [2.24, 2.45) is 5.73 Å². The van der Waals surface area contributed by atoms with Crippen LogP contribution < -0.4 is 10.5 Å². The van der Waals surface area contributed by atoms with E-state index in [1.165, 1.54) is 12.1 Å². The lowest BCUT2D eigenvalue weighted by Crippen LogP contribution is -2.48.